The number of rotatable bonds is 7. The second kappa shape index (κ2) is 7.84. The third-order valence-electron chi connectivity index (χ3n) is 2.81. The number of benzene rings is 1. The molecule has 1 aromatic carbocycles. The van der Waals surface area contributed by atoms with Gasteiger partial charge in [0.1, 0.15) is 0 Å². The number of carbonyl (C=O) groups excluding carboxylic acids is 1. The number of nitrogens with one attached hydrogen (secondary N) is 2. The van der Waals surface area contributed by atoms with Crippen LogP contribution in [0, 0.1) is 0 Å². The Morgan fingerprint density at radius 1 is 1.35 bits per heavy atom. The molecular weight excluding hydrogens is 299 g/mol. The van der Waals surface area contributed by atoms with Gasteiger partial charge < -0.3 is 15.7 Å². The van der Waals surface area contributed by atoms with Crippen LogP contribution >= 0.6 is 23.2 Å². The van der Waals surface area contributed by atoms with Crippen molar-refractivity contribution in [1.29, 1.82) is 0 Å². The van der Waals surface area contributed by atoms with Crippen molar-refractivity contribution in [1.82, 2.24) is 5.32 Å². The van der Waals surface area contributed by atoms with Crippen LogP contribution in [-0.2, 0) is 4.79 Å². The Morgan fingerprint density at radius 3 is 2.50 bits per heavy atom. The summed E-state index contributed by atoms with van der Waals surface area (Å²) in [4.78, 5) is 11.8. The van der Waals surface area contributed by atoms with E-state index in [1.54, 1.807) is 25.1 Å². The van der Waals surface area contributed by atoms with Crippen LogP contribution in [0.15, 0.2) is 18.2 Å². The SMILES string of the molecule is CCCC(C)(O)CNCC(=O)Nc1c(Cl)cccc1Cl. The van der Waals surface area contributed by atoms with Crippen LogP contribution in [0.2, 0.25) is 10.0 Å². The maximum atomic E-state index is 11.8. The van der Waals surface area contributed by atoms with Crippen molar-refractivity contribution in [2.45, 2.75) is 32.3 Å². The number of aliphatic hydroxyl groups is 1. The van der Waals surface area contributed by atoms with Gasteiger partial charge in [0.15, 0.2) is 0 Å². The number of hydrogen-bond acceptors (Lipinski definition) is 3. The molecule has 1 amide bonds. The van der Waals surface area contributed by atoms with Gasteiger partial charge in [0.2, 0.25) is 5.91 Å². The van der Waals surface area contributed by atoms with Gasteiger partial charge in [-0.05, 0) is 25.5 Å². The maximum Gasteiger partial charge on any atom is 0.238 e. The van der Waals surface area contributed by atoms with E-state index in [2.05, 4.69) is 10.6 Å². The Labute approximate surface area is 129 Å². The molecule has 20 heavy (non-hydrogen) atoms. The van der Waals surface area contributed by atoms with Crippen LogP contribution in [0.4, 0.5) is 5.69 Å². The van der Waals surface area contributed by atoms with E-state index in [9.17, 15) is 9.90 Å². The van der Waals surface area contributed by atoms with Crippen LogP contribution in [0.25, 0.3) is 0 Å². The zero-order valence-corrected chi connectivity index (χ0v) is 13.2. The number of para-hydroxylation sites is 1. The maximum absolute atomic E-state index is 11.8. The van der Waals surface area contributed by atoms with Crippen molar-refractivity contribution >= 4 is 34.8 Å². The normalized spacial score (nSPS) is 13.8. The lowest BCUT2D eigenvalue weighted by Crippen LogP contribution is -2.40. The van der Waals surface area contributed by atoms with E-state index in [1.807, 2.05) is 6.92 Å². The smallest absolute Gasteiger partial charge is 0.238 e. The summed E-state index contributed by atoms with van der Waals surface area (Å²) in [5.41, 5.74) is -0.403. The summed E-state index contributed by atoms with van der Waals surface area (Å²) in [5, 5.41) is 16.3. The molecule has 0 aliphatic heterocycles. The fraction of sp³-hybridized carbons (Fsp3) is 0.500. The molecule has 1 aromatic rings. The van der Waals surface area contributed by atoms with Crippen molar-refractivity contribution in [2.24, 2.45) is 0 Å². The Bertz CT molecular complexity index is 444. The minimum atomic E-state index is -0.808. The first-order valence-electron chi connectivity index (χ1n) is 6.52. The number of halogens is 2. The summed E-state index contributed by atoms with van der Waals surface area (Å²) in [6, 6.07) is 5.02. The van der Waals surface area contributed by atoms with E-state index < -0.39 is 5.60 Å². The lowest BCUT2D eigenvalue weighted by molar-refractivity contribution is -0.115. The van der Waals surface area contributed by atoms with E-state index in [0.717, 1.165) is 6.42 Å². The van der Waals surface area contributed by atoms with Crippen LogP contribution in [0.1, 0.15) is 26.7 Å². The lowest BCUT2D eigenvalue weighted by Gasteiger charge is -2.22. The molecule has 0 spiro atoms. The summed E-state index contributed by atoms with van der Waals surface area (Å²) in [7, 11) is 0. The van der Waals surface area contributed by atoms with Crippen LogP contribution in [-0.4, -0.2) is 29.7 Å². The Kier molecular flexibility index (Phi) is 6.76. The predicted octanol–water partition coefficient (Wildman–Crippen LogP) is 3.07. The van der Waals surface area contributed by atoms with E-state index in [-0.39, 0.29) is 12.5 Å². The predicted molar refractivity (Wildman–Crippen MR) is 83.5 cm³/mol. The number of anilines is 1. The molecule has 0 saturated heterocycles. The Balaban J connectivity index is 2.45. The summed E-state index contributed by atoms with van der Waals surface area (Å²) in [5.74, 6) is -0.257. The standard InChI is InChI=1S/C14H20Cl2N2O2/c1-3-7-14(2,20)9-17-8-12(19)18-13-10(15)5-4-6-11(13)16/h4-6,17,20H,3,7-9H2,1-2H3,(H,18,19). The molecule has 1 rings (SSSR count). The molecule has 0 aliphatic rings. The Morgan fingerprint density at radius 2 is 1.95 bits per heavy atom. The van der Waals surface area contributed by atoms with Gasteiger partial charge in [-0.15, -0.1) is 0 Å². The first kappa shape index (κ1) is 17.2. The third-order valence-corrected chi connectivity index (χ3v) is 3.44. The van der Waals surface area contributed by atoms with Gasteiger partial charge >= 0.3 is 0 Å². The Hall–Kier alpha value is -0.810. The molecule has 6 heteroatoms. The molecule has 0 aromatic heterocycles. The summed E-state index contributed by atoms with van der Waals surface area (Å²) >= 11 is 11.9. The van der Waals surface area contributed by atoms with Crippen molar-refractivity contribution in [3.05, 3.63) is 28.2 Å². The van der Waals surface area contributed by atoms with Gasteiger partial charge in [-0.1, -0.05) is 42.6 Å². The van der Waals surface area contributed by atoms with E-state index >= 15 is 0 Å². The average molecular weight is 319 g/mol. The summed E-state index contributed by atoms with van der Waals surface area (Å²) < 4.78 is 0. The topological polar surface area (TPSA) is 61.4 Å². The van der Waals surface area contributed by atoms with E-state index in [1.165, 1.54) is 0 Å². The van der Waals surface area contributed by atoms with Gasteiger partial charge in [-0.3, -0.25) is 4.79 Å². The molecule has 0 saturated carbocycles. The minimum absolute atomic E-state index is 0.0847. The molecule has 0 heterocycles. The first-order valence-corrected chi connectivity index (χ1v) is 7.28. The van der Waals surface area contributed by atoms with Gasteiger partial charge in [0, 0.05) is 6.54 Å². The molecule has 0 fully saturated rings. The van der Waals surface area contributed by atoms with Crippen molar-refractivity contribution in [3.63, 3.8) is 0 Å². The molecule has 0 radical (unpaired) electrons. The summed E-state index contributed by atoms with van der Waals surface area (Å²) in [6.45, 7) is 4.18. The zero-order chi connectivity index (χ0) is 15.2. The minimum Gasteiger partial charge on any atom is -0.389 e. The number of hydrogen-bond donors (Lipinski definition) is 3. The van der Waals surface area contributed by atoms with Gasteiger partial charge in [0.25, 0.3) is 0 Å². The molecule has 3 N–H and O–H groups in total. The molecule has 1 atom stereocenters. The number of carbonyl (C=O) groups is 1. The van der Waals surface area contributed by atoms with Gasteiger partial charge in [-0.25, -0.2) is 0 Å². The highest BCUT2D eigenvalue weighted by molar-refractivity contribution is 6.39. The van der Waals surface area contributed by atoms with E-state index in [4.69, 9.17) is 23.2 Å². The zero-order valence-electron chi connectivity index (χ0n) is 11.7. The second-order valence-electron chi connectivity index (χ2n) is 5.00. The van der Waals surface area contributed by atoms with E-state index in [0.29, 0.717) is 28.7 Å². The van der Waals surface area contributed by atoms with Gasteiger partial charge in [-0.2, -0.15) is 0 Å². The van der Waals surface area contributed by atoms with Gasteiger partial charge in [0.05, 0.1) is 27.9 Å². The van der Waals surface area contributed by atoms with Crippen LogP contribution in [0.3, 0.4) is 0 Å². The highest BCUT2D eigenvalue weighted by atomic mass is 35.5. The largest absolute Gasteiger partial charge is 0.389 e. The molecule has 0 aliphatic carbocycles. The molecule has 0 bridgehead atoms. The second-order valence-corrected chi connectivity index (χ2v) is 5.81. The van der Waals surface area contributed by atoms with Crippen LogP contribution in [0.5, 0.6) is 0 Å². The average Bonchev–Trinajstić information content (AvgIpc) is 2.33. The molecule has 1 unspecified atom stereocenters. The fourth-order valence-corrected chi connectivity index (χ4v) is 2.37. The quantitative estimate of drug-likeness (QED) is 0.724. The highest BCUT2D eigenvalue weighted by Gasteiger charge is 2.19. The van der Waals surface area contributed by atoms with Crippen LogP contribution < -0.4 is 10.6 Å². The lowest BCUT2D eigenvalue weighted by atomic mass is 10.0. The third kappa shape index (κ3) is 5.67. The molecule has 112 valence electrons. The van der Waals surface area contributed by atoms with Crippen molar-refractivity contribution < 1.29 is 9.90 Å². The first-order chi connectivity index (χ1) is 9.35. The fourth-order valence-electron chi connectivity index (χ4n) is 1.87. The van der Waals surface area contributed by atoms with Crippen molar-refractivity contribution in [2.75, 3.05) is 18.4 Å². The molecular formula is C14H20Cl2N2O2. The monoisotopic (exact) mass is 318 g/mol. The number of amides is 1. The van der Waals surface area contributed by atoms with Crippen molar-refractivity contribution in [3.8, 4) is 0 Å². The highest BCUT2D eigenvalue weighted by Crippen LogP contribution is 2.29. The molecule has 4 nitrogen and oxygen atoms in total. The summed E-state index contributed by atoms with van der Waals surface area (Å²) in [6.07, 6.45) is 1.56.